The molecule has 17 heavy (non-hydrogen) atoms. The Morgan fingerprint density at radius 2 is 1.82 bits per heavy atom. The summed E-state index contributed by atoms with van der Waals surface area (Å²) in [4.78, 5) is 3.77. The van der Waals surface area contributed by atoms with Crippen LogP contribution in [0.25, 0.3) is 0 Å². The molecule has 0 spiro atoms. The summed E-state index contributed by atoms with van der Waals surface area (Å²) < 4.78 is 26.9. The topological polar surface area (TPSA) is 59.1 Å². The van der Waals surface area contributed by atoms with Crippen LogP contribution in [-0.2, 0) is 0 Å². The van der Waals surface area contributed by atoms with Crippen LogP contribution in [0.5, 0.6) is 0 Å². The van der Waals surface area contributed by atoms with Gasteiger partial charge < -0.3 is 10.8 Å². The van der Waals surface area contributed by atoms with Crippen molar-refractivity contribution in [2.75, 3.05) is 5.73 Å². The molecule has 3 N–H and O–H groups in total. The second-order valence-electron chi connectivity index (χ2n) is 3.54. The zero-order valence-electron chi connectivity index (χ0n) is 8.77. The Hall–Kier alpha value is -2.01. The van der Waals surface area contributed by atoms with Crippen molar-refractivity contribution in [3.8, 4) is 0 Å². The third-order valence-corrected chi connectivity index (χ3v) is 2.45. The number of rotatable bonds is 2. The minimum atomic E-state index is -1.47. The number of hydrogen-bond acceptors (Lipinski definition) is 3. The fourth-order valence-corrected chi connectivity index (χ4v) is 1.57. The molecule has 0 aliphatic carbocycles. The molecule has 0 saturated heterocycles. The van der Waals surface area contributed by atoms with E-state index in [1.807, 2.05) is 0 Å². The number of pyridine rings is 1. The number of aliphatic hydroxyl groups is 1. The molecule has 3 nitrogen and oxygen atoms in total. The van der Waals surface area contributed by atoms with Gasteiger partial charge in [-0.2, -0.15) is 0 Å². The zero-order chi connectivity index (χ0) is 12.4. The standard InChI is InChI=1S/C12H10F2N2O/c13-8-2-1-3-9(14)11(8)12(17)7-6-16-5-4-10(7)15/h1-6,12,17H,(H2,15,16). The Morgan fingerprint density at radius 3 is 2.41 bits per heavy atom. The molecule has 0 fully saturated rings. The highest BCUT2D eigenvalue weighted by molar-refractivity contribution is 5.48. The van der Waals surface area contributed by atoms with Crippen LogP contribution < -0.4 is 5.73 Å². The zero-order valence-corrected chi connectivity index (χ0v) is 8.77. The van der Waals surface area contributed by atoms with Gasteiger partial charge in [0.15, 0.2) is 0 Å². The van der Waals surface area contributed by atoms with Crippen LogP contribution in [0.4, 0.5) is 14.5 Å². The van der Waals surface area contributed by atoms with Crippen LogP contribution in [0.1, 0.15) is 17.2 Å². The molecule has 2 aromatic rings. The molecule has 1 aromatic carbocycles. The van der Waals surface area contributed by atoms with Crippen molar-refractivity contribution in [2.24, 2.45) is 0 Å². The molecule has 0 amide bonds. The Balaban J connectivity index is 2.51. The van der Waals surface area contributed by atoms with E-state index in [0.717, 1.165) is 12.1 Å². The number of anilines is 1. The SMILES string of the molecule is Nc1ccncc1C(O)c1c(F)cccc1F. The van der Waals surface area contributed by atoms with Crippen molar-refractivity contribution < 1.29 is 13.9 Å². The monoisotopic (exact) mass is 236 g/mol. The van der Waals surface area contributed by atoms with Crippen LogP contribution in [0.15, 0.2) is 36.7 Å². The van der Waals surface area contributed by atoms with Gasteiger partial charge in [0.25, 0.3) is 0 Å². The molecule has 1 unspecified atom stereocenters. The number of benzene rings is 1. The van der Waals surface area contributed by atoms with Gasteiger partial charge in [0.2, 0.25) is 0 Å². The minimum Gasteiger partial charge on any atom is -0.398 e. The quantitative estimate of drug-likeness (QED) is 0.838. The van der Waals surface area contributed by atoms with E-state index in [1.165, 1.54) is 24.5 Å². The lowest BCUT2D eigenvalue weighted by atomic mass is 10.0. The van der Waals surface area contributed by atoms with Gasteiger partial charge in [0.05, 0.1) is 5.56 Å². The Bertz CT molecular complexity index is 526. The van der Waals surface area contributed by atoms with Crippen LogP contribution in [-0.4, -0.2) is 10.1 Å². The predicted octanol–water partition coefficient (Wildman–Crippen LogP) is 2.02. The van der Waals surface area contributed by atoms with E-state index in [1.54, 1.807) is 0 Å². The first-order valence-electron chi connectivity index (χ1n) is 4.92. The maximum absolute atomic E-state index is 13.5. The lowest BCUT2D eigenvalue weighted by Crippen LogP contribution is -2.08. The van der Waals surface area contributed by atoms with E-state index >= 15 is 0 Å². The molecule has 0 saturated carbocycles. The van der Waals surface area contributed by atoms with Crippen LogP contribution in [0.3, 0.4) is 0 Å². The largest absolute Gasteiger partial charge is 0.398 e. The van der Waals surface area contributed by atoms with Gasteiger partial charge in [-0.3, -0.25) is 4.98 Å². The Morgan fingerprint density at radius 1 is 1.18 bits per heavy atom. The van der Waals surface area contributed by atoms with Gasteiger partial charge in [0, 0.05) is 23.6 Å². The predicted molar refractivity (Wildman–Crippen MR) is 59.1 cm³/mol. The average molecular weight is 236 g/mol. The second kappa shape index (κ2) is 4.47. The van der Waals surface area contributed by atoms with Crippen LogP contribution in [0, 0.1) is 11.6 Å². The number of halogens is 2. The summed E-state index contributed by atoms with van der Waals surface area (Å²) >= 11 is 0. The Labute approximate surface area is 96.5 Å². The summed E-state index contributed by atoms with van der Waals surface area (Å²) in [6, 6.07) is 4.84. The number of nitrogens with two attached hydrogens (primary N) is 1. The lowest BCUT2D eigenvalue weighted by Gasteiger charge is -2.14. The number of aliphatic hydroxyl groups excluding tert-OH is 1. The Kier molecular flexibility index (Phi) is 3.01. The summed E-state index contributed by atoms with van der Waals surface area (Å²) in [6.45, 7) is 0. The molecule has 5 heteroatoms. The molecule has 0 aliphatic heterocycles. The van der Waals surface area contributed by atoms with E-state index in [-0.39, 0.29) is 11.3 Å². The van der Waals surface area contributed by atoms with Gasteiger partial charge in [0.1, 0.15) is 17.7 Å². The van der Waals surface area contributed by atoms with Crippen molar-refractivity contribution in [1.82, 2.24) is 4.98 Å². The van der Waals surface area contributed by atoms with Gasteiger partial charge in [-0.1, -0.05) is 6.07 Å². The molecule has 1 heterocycles. The molecule has 0 radical (unpaired) electrons. The molecule has 0 aliphatic rings. The summed E-state index contributed by atoms with van der Waals surface area (Å²) in [7, 11) is 0. The third kappa shape index (κ3) is 2.09. The molecular formula is C12H10F2N2O. The van der Waals surface area contributed by atoms with Gasteiger partial charge in [-0.05, 0) is 18.2 Å². The maximum Gasteiger partial charge on any atom is 0.132 e. The van der Waals surface area contributed by atoms with Gasteiger partial charge >= 0.3 is 0 Å². The number of nitrogens with zero attached hydrogens (tertiary/aromatic N) is 1. The first-order valence-corrected chi connectivity index (χ1v) is 4.92. The van der Waals surface area contributed by atoms with E-state index < -0.39 is 23.3 Å². The third-order valence-electron chi connectivity index (χ3n) is 2.45. The average Bonchev–Trinajstić information content (AvgIpc) is 2.29. The van der Waals surface area contributed by atoms with Gasteiger partial charge in [-0.25, -0.2) is 8.78 Å². The fraction of sp³-hybridized carbons (Fsp3) is 0.0833. The van der Waals surface area contributed by atoms with E-state index in [2.05, 4.69) is 4.98 Å². The maximum atomic E-state index is 13.5. The number of nitrogen functional groups attached to an aromatic ring is 1. The molecular weight excluding hydrogens is 226 g/mol. The van der Waals surface area contributed by atoms with Crippen LogP contribution in [0.2, 0.25) is 0 Å². The van der Waals surface area contributed by atoms with E-state index in [0.29, 0.717) is 0 Å². The molecule has 1 atom stereocenters. The second-order valence-corrected chi connectivity index (χ2v) is 3.54. The van der Waals surface area contributed by atoms with Crippen molar-refractivity contribution in [3.05, 3.63) is 59.4 Å². The first kappa shape index (κ1) is 11.5. The molecule has 2 rings (SSSR count). The highest BCUT2D eigenvalue weighted by atomic mass is 19.1. The number of aromatic nitrogens is 1. The van der Waals surface area contributed by atoms with E-state index in [4.69, 9.17) is 5.73 Å². The highest BCUT2D eigenvalue weighted by Crippen LogP contribution is 2.29. The molecule has 1 aromatic heterocycles. The molecule has 88 valence electrons. The summed E-state index contributed by atoms with van der Waals surface area (Å²) in [5, 5.41) is 9.93. The van der Waals surface area contributed by atoms with Gasteiger partial charge in [-0.15, -0.1) is 0 Å². The van der Waals surface area contributed by atoms with Crippen LogP contribution >= 0.6 is 0 Å². The summed E-state index contributed by atoms with van der Waals surface area (Å²) in [5.41, 5.74) is 5.60. The normalized spacial score (nSPS) is 12.4. The van der Waals surface area contributed by atoms with Crippen molar-refractivity contribution in [3.63, 3.8) is 0 Å². The number of hydrogen-bond donors (Lipinski definition) is 2. The highest BCUT2D eigenvalue weighted by Gasteiger charge is 2.21. The molecule has 0 bridgehead atoms. The minimum absolute atomic E-state index is 0.177. The van der Waals surface area contributed by atoms with Crippen molar-refractivity contribution >= 4 is 5.69 Å². The van der Waals surface area contributed by atoms with E-state index in [9.17, 15) is 13.9 Å². The lowest BCUT2D eigenvalue weighted by molar-refractivity contribution is 0.209. The van der Waals surface area contributed by atoms with Crippen molar-refractivity contribution in [1.29, 1.82) is 0 Å². The van der Waals surface area contributed by atoms with Crippen molar-refractivity contribution in [2.45, 2.75) is 6.10 Å². The summed E-state index contributed by atoms with van der Waals surface area (Å²) in [6.07, 6.45) is 1.25. The summed E-state index contributed by atoms with van der Waals surface area (Å²) in [5.74, 6) is -1.64. The fourth-order valence-electron chi connectivity index (χ4n) is 1.57. The smallest absolute Gasteiger partial charge is 0.132 e. The first-order chi connectivity index (χ1) is 8.11.